The average Bonchev–Trinajstić information content (AvgIpc) is 2.24. The molecule has 0 aromatic heterocycles. The van der Waals surface area contributed by atoms with Crippen molar-refractivity contribution in [3.8, 4) is 0 Å². The molecule has 0 saturated carbocycles. The van der Waals surface area contributed by atoms with Crippen molar-refractivity contribution in [2.24, 2.45) is 0 Å². The first-order valence-corrected chi connectivity index (χ1v) is 5.81. The largest absolute Gasteiger partial charge is 0.353 e. The maximum Gasteiger partial charge on any atom is 0.237 e. The first kappa shape index (κ1) is 10.6. The van der Waals surface area contributed by atoms with Crippen molar-refractivity contribution >= 4 is 21.8 Å². The third-order valence-corrected chi connectivity index (χ3v) is 3.29. The predicted molar refractivity (Wildman–Crippen MR) is 62.6 cm³/mol. The number of rotatable bonds is 2. The number of benzene rings is 1. The molecule has 1 atom stereocenters. The molecule has 1 aromatic rings. The molecule has 80 valence electrons. The topological polar surface area (TPSA) is 41.1 Å². The van der Waals surface area contributed by atoms with Crippen LogP contribution in [0.1, 0.15) is 5.56 Å². The molecule has 0 unspecified atom stereocenters. The number of carbonyl (C=O) groups excluding carboxylic acids is 1. The minimum atomic E-state index is -0.0996. The minimum Gasteiger partial charge on any atom is -0.353 e. The Balaban J connectivity index is 2.08. The zero-order chi connectivity index (χ0) is 10.7. The number of hydrogen-bond donors (Lipinski definition) is 2. The van der Waals surface area contributed by atoms with Crippen LogP contribution in [0.15, 0.2) is 28.7 Å². The maximum absolute atomic E-state index is 11.5. The van der Waals surface area contributed by atoms with E-state index in [0.717, 1.165) is 29.5 Å². The molecule has 1 aromatic carbocycles. The molecule has 1 fully saturated rings. The summed E-state index contributed by atoms with van der Waals surface area (Å²) < 4.78 is 1.06. The van der Waals surface area contributed by atoms with E-state index in [0.29, 0.717) is 0 Å². The summed E-state index contributed by atoms with van der Waals surface area (Å²) in [5.74, 6) is 0.0944. The normalized spacial score (nSPS) is 21.1. The molecule has 2 N–H and O–H groups in total. The van der Waals surface area contributed by atoms with E-state index in [1.165, 1.54) is 0 Å². The molecule has 1 saturated heterocycles. The molecule has 1 aliphatic heterocycles. The number of nitrogens with one attached hydrogen (secondary N) is 2. The molecule has 1 amide bonds. The monoisotopic (exact) mass is 268 g/mol. The summed E-state index contributed by atoms with van der Waals surface area (Å²) in [7, 11) is 0. The highest BCUT2D eigenvalue weighted by molar-refractivity contribution is 9.10. The van der Waals surface area contributed by atoms with Crippen LogP contribution in [-0.2, 0) is 11.2 Å². The number of carbonyl (C=O) groups is 1. The van der Waals surface area contributed by atoms with E-state index in [9.17, 15) is 4.79 Å². The maximum atomic E-state index is 11.5. The SMILES string of the molecule is O=C1NCCN[C@@H]1Cc1ccccc1Br. The van der Waals surface area contributed by atoms with Gasteiger partial charge in [-0.15, -0.1) is 0 Å². The zero-order valence-corrected chi connectivity index (χ0v) is 9.88. The Morgan fingerprint density at radius 1 is 1.33 bits per heavy atom. The lowest BCUT2D eigenvalue weighted by molar-refractivity contribution is -0.124. The molecule has 1 heterocycles. The Hall–Kier alpha value is -0.870. The van der Waals surface area contributed by atoms with Gasteiger partial charge in [0, 0.05) is 17.6 Å². The van der Waals surface area contributed by atoms with E-state index in [1.807, 2.05) is 24.3 Å². The molecule has 2 rings (SSSR count). The van der Waals surface area contributed by atoms with Crippen LogP contribution in [-0.4, -0.2) is 25.0 Å². The van der Waals surface area contributed by atoms with Gasteiger partial charge in [-0.1, -0.05) is 34.1 Å². The van der Waals surface area contributed by atoms with Gasteiger partial charge in [0.15, 0.2) is 0 Å². The zero-order valence-electron chi connectivity index (χ0n) is 8.29. The second-order valence-electron chi connectivity index (χ2n) is 3.59. The second kappa shape index (κ2) is 4.77. The Morgan fingerprint density at radius 3 is 2.87 bits per heavy atom. The Labute approximate surface area is 97.4 Å². The number of piperazine rings is 1. The van der Waals surface area contributed by atoms with Gasteiger partial charge in [0.25, 0.3) is 0 Å². The van der Waals surface area contributed by atoms with E-state index >= 15 is 0 Å². The molecule has 0 spiro atoms. The van der Waals surface area contributed by atoms with Crippen molar-refractivity contribution in [2.45, 2.75) is 12.5 Å². The van der Waals surface area contributed by atoms with Crippen LogP contribution >= 0.6 is 15.9 Å². The quantitative estimate of drug-likeness (QED) is 0.843. The predicted octanol–water partition coefficient (Wildman–Crippen LogP) is 1.08. The summed E-state index contributed by atoms with van der Waals surface area (Å²) in [4.78, 5) is 11.5. The lowest BCUT2D eigenvalue weighted by atomic mass is 10.0. The number of amides is 1. The van der Waals surface area contributed by atoms with E-state index in [4.69, 9.17) is 0 Å². The van der Waals surface area contributed by atoms with Gasteiger partial charge in [0.05, 0.1) is 6.04 Å². The third-order valence-electron chi connectivity index (χ3n) is 2.51. The van der Waals surface area contributed by atoms with Gasteiger partial charge in [0.1, 0.15) is 0 Å². The van der Waals surface area contributed by atoms with E-state index in [2.05, 4.69) is 26.6 Å². The molecule has 15 heavy (non-hydrogen) atoms. The fourth-order valence-corrected chi connectivity index (χ4v) is 2.14. The summed E-state index contributed by atoms with van der Waals surface area (Å²) in [6, 6.07) is 7.89. The first-order chi connectivity index (χ1) is 7.27. The van der Waals surface area contributed by atoms with E-state index < -0.39 is 0 Å². The highest BCUT2D eigenvalue weighted by Gasteiger charge is 2.21. The third kappa shape index (κ3) is 2.58. The van der Waals surface area contributed by atoms with Gasteiger partial charge >= 0.3 is 0 Å². The molecule has 0 bridgehead atoms. The van der Waals surface area contributed by atoms with Gasteiger partial charge in [-0.05, 0) is 18.1 Å². The molecular weight excluding hydrogens is 256 g/mol. The smallest absolute Gasteiger partial charge is 0.237 e. The molecule has 0 radical (unpaired) electrons. The number of hydrogen-bond acceptors (Lipinski definition) is 2. The average molecular weight is 269 g/mol. The summed E-state index contributed by atoms with van der Waals surface area (Å²) in [5.41, 5.74) is 1.16. The highest BCUT2D eigenvalue weighted by atomic mass is 79.9. The van der Waals surface area contributed by atoms with Crippen molar-refractivity contribution < 1.29 is 4.79 Å². The fourth-order valence-electron chi connectivity index (χ4n) is 1.70. The van der Waals surface area contributed by atoms with Crippen LogP contribution in [0.2, 0.25) is 0 Å². The first-order valence-electron chi connectivity index (χ1n) is 5.02. The van der Waals surface area contributed by atoms with Gasteiger partial charge in [-0.2, -0.15) is 0 Å². The molecule has 0 aliphatic carbocycles. The summed E-state index contributed by atoms with van der Waals surface area (Å²) in [5, 5.41) is 6.07. The molecule has 4 heteroatoms. The molecule has 1 aliphatic rings. The van der Waals surface area contributed by atoms with E-state index in [-0.39, 0.29) is 11.9 Å². The molecule has 3 nitrogen and oxygen atoms in total. The standard InChI is InChI=1S/C11H13BrN2O/c12-9-4-2-1-3-8(9)7-10-11(15)14-6-5-13-10/h1-4,10,13H,5-7H2,(H,14,15)/t10-/m1/s1. The minimum absolute atomic E-state index is 0.0944. The summed E-state index contributed by atoms with van der Waals surface area (Å²) in [6.45, 7) is 1.58. The Kier molecular flexibility index (Phi) is 3.38. The van der Waals surface area contributed by atoms with Crippen LogP contribution < -0.4 is 10.6 Å². The van der Waals surface area contributed by atoms with Crippen LogP contribution in [0.3, 0.4) is 0 Å². The van der Waals surface area contributed by atoms with Crippen molar-refractivity contribution in [1.82, 2.24) is 10.6 Å². The van der Waals surface area contributed by atoms with Crippen molar-refractivity contribution in [1.29, 1.82) is 0 Å². The lowest BCUT2D eigenvalue weighted by Gasteiger charge is -2.23. The van der Waals surface area contributed by atoms with Gasteiger partial charge in [-0.25, -0.2) is 0 Å². The van der Waals surface area contributed by atoms with Crippen LogP contribution in [0.5, 0.6) is 0 Å². The summed E-state index contributed by atoms with van der Waals surface area (Å²) in [6.07, 6.45) is 0.729. The highest BCUT2D eigenvalue weighted by Crippen LogP contribution is 2.17. The molecular formula is C11H13BrN2O. The van der Waals surface area contributed by atoms with E-state index in [1.54, 1.807) is 0 Å². The second-order valence-corrected chi connectivity index (χ2v) is 4.45. The van der Waals surface area contributed by atoms with Gasteiger partial charge in [-0.3, -0.25) is 4.79 Å². The van der Waals surface area contributed by atoms with Crippen LogP contribution in [0, 0.1) is 0 Å². The van der Waals surface area contributed by atoms with Crippen molar-refractivity contribution in [2.75, 3.05) is 13.1 Å². The van der Waals surface area contributed by atoms with Gasteiger partial charge in [0.2, 0.25) is 5.91 Å². The van der Waals surface area contributed by atoms with Crippen molar-refractivity contribution in [3.05, 3.63) is 34.3 Å². The van der Waals surface area contributed by atoms with Crippen molar-refractivity contribution in [3.63, 3.8) is 0 Å². The summed E-state index contributed by atoms with van der Waals surface area (Å²) >= 11 is 3.48. The Bertz CT molecular complexity index is 367. The fraction of sp³-hybridized carbons (Fsp3) is 0.364. The Morgan fingerprint density at radius 2 is 2.13 bits per heavy atom. The van der Waals surface area contributed by atoms with Crippen LogP contribution in [0.4, 0.5) is 0 Å². The number of halogens is 1. The lowest BCUT2D eigenvalue weighted by Crippen LogP contribution is -2.53. The van der Waals surface area contributed by atoms with Crippen LogP contribution in [0.25, 0.3) is 0 Å². The van der Waals surface area contributed by atoms with Gasteiger partial charge < -0.3 is 10.6 Å².